The van der Waals surface area contributed by atoms with Crippen LogP contribution in [-0.2, 0) is 6.42 Å². The second-order valence-corrected chi connectivity index (χ2v) is 6.02. The quantitative estimate of drug-likeness (QED) is 0.698. The lowest BCUT2D eigenvalue weighted by atomic mass is 10.1. The molecule has 27 heavy (non-hydrogen) atoms. The van der Waals surface area contributed by atoms with Gasteiger partial charge >= 0.3 is 0 Å². The lowest BCUT2D eigenvalue weighted by Gasteiger charge is -2.17. The summed E-state index contributed by atoms with van der Waals surface area (Å²) in [6, 6.07) is 17.4. The van der Waals surface area contributed by atoms with E-state index in [1.165, 1.54) is 0 Å². The van der Waals surface area contributed by atoms with Gasteiger partial charge in [0.2, 0.25) is 5.95 Å². The minimum atomic E-state index is -0.149. The largest absolute Gasteiger partial charge is 0.497 e. The van der Waals surface area contributed by atoms with Crippen LogP contribution in [0, 0.1) is 0 Å². The minimum absolute atomic E-state index is 0.149. The summed E-state index contributed by atoms with van der Waals surface area (Å²) >= 11 is 0. The van der Waals surface area contributed by atoms with Crippen molar-refractivity contribution in [3.05, 3.63) is 78.1 Å². The molecule has 0 saturated carbocycles. The third-order valence-electron chi connectivity index (χ3n) is 4.18. The van der Waals surface area contributed by atoms with Crippen LogP contribution in [0.4, 0.5) is 11.6 Å². The Morgan fingerprint density at radius 2 is 1.81 bits per heavy atom. The van der Waals surface area contributed by atoms with Crippen molar-refractivity contribution in [3.63, 3.8) is 0 Å². The van der Waals surface area contributed by atoms with Gasteiger partial charge in [-0.25, -0.2) is 9.97 Å². The summed E-state index contributed by atoms with van der Waals surface area (Å²) in [6.45, 7) is 0.685. The molecule has 0 spiro atoms. The topological polar surface area (TPSA) is 67.3 Å². The number of amides is 1. The second-order valence-electron chi connectivity index (χ2n) is 6.02. The number of anilines is 2. The summed E-state index contributed by atoms with van der Waals surface area (Å²) in [7, 11) is 3.39. The summed E-state index contributed by atoms with van der Waals surface area (Å²) in [5.74, 6) is 1.19. The number of carbonyl (C=O) groups excluding carboxylic acids is 1. The molecule has 1 N–H and O–H groups in total. The van der Waals surface area contributed by atoms with Crippen molar-refractivity contribution >= 4 is 17.5 Å². The third-order valence-corrected chi connectivity index (χ3v) is 4.18. The van der Waals surface area contributed by atoms with E-state index in [0.29, 0.717) is 18.1 Å². The van der Waals surface area contributed by atoms with Crippen LogP contribution in [0.1, 0.15) is 15.9 Å². The second kappa shape index (κ2) is 8.80. The Morgan fingerprint density at radius 3 is 2.52 bits per heavy atom. The molecule has 0 aliphatic rings. The molecule has 1 heterocycles. The van der Waals surface area contributed by atoms with Crippen molar-refractivity contribution in [3.8, 4) is 5.75 Å². The van der Waals surface area contributed by atoms with E-state index >= 15 is 0 Å². The number of aromatic nitrogens is 2. The number of methoxy groups -OCH3 is 1. The monoisotopic (exact) mass is 362 g/mol. The standard InChI is InChI=1S/C21H22N4O2/c1-25(18-8-4-3-5-9-18)20(26)17-14-23-21(24-15-17)22-12-11-16-7-6-10-19(13-16)27-2/h3-10,13-15H,11-12H2,1-2H3,(H,22,23,24). The highest BCUT2D eigenvalue weighted by atomic mass is 16.5. The fourth-order valence-electron chi connectivity index (χ4n) is 2.64. The molecule has 0 aliphatic carbocycles. The first-order chi connectivity index (χ1) is 13.2. The van der Waals surface area contributed by atoms with Gasteiger partial charge in [-0.3, -0.25) is 4.79 Å². The predicted molar refractivity (Wildman–Crippen MR) is 106 cm³/mol. The first kappa shape index (κ1) is 18.4. The Balaban J connectivity index is 1.56. The molecule has 0 fully saturated rings. The number of carbonyl (C=O) groups is 1. The van der Waals surface area contributed by atoms with E-state index in [0.717, 1.165) is 23.4 Å². The number of nitrogens with one attached hydrogen (secondary N) is 1. The molecular formula is C21H22N4O2. The van der Waals surface area contributed by atoms with Crippen LogP contribution in [0.25, 0.3) is 0 Å². The van der Waals surface area contributed by atoms with Crippen LogP contribution in [0.2, 0.25) is 0 Å². The smallest absolute Gasteiger partial charge is 0.261 e. The number of benzene rings is 2. The lowest BCUT2D eigenvalue weighted by Crippen LogP contribution is -2.26. The summed E-state index contributed by atoms with van der Waals surface area (Å²) in [5.41, 5.74) is 2.43. The molecule has 6 nitrogen and oxygen atoms in total. The van der Waals surface area contributed by atoms with Crippen molar-refractivity contribution in [2.75, 3.05) is 30.9 Å². The highest BCUT2D eigenvalue weighted by Gasteiger charge is 2.14. The molecule has 1 amide bonds. The zero-order valence-electron chi connectivity index (χ0n) is 15.4. The van der Waals surface area contributed by atoms with Gasteiger partial charge < -0.3 is 15.0 Å². The van der Waals surface area contributed by atoms with E-state index in [2.05, 4.69) is 15.3 Å². The van der Waals surface area contributed by atoms with E-state index in [4.69, 9.17) is 4.74 Å². The Bertz CT molecular complexity index is 882. The maximum atomic E-state index is 12.5. The molecule has 3 aromatic rings. The number of rotatable bonds is 7. The Kier molecular flexibility index (Phi) is 5.99. The zero-order chi connectivity index (χ0) is 19.1. The van der Waals surface area contributed by atoms with Gasteiger partial charge in [-0.05, 0) is 36.2 Å². The third kappa shape index (κ3) is 4.82. The summed E-state index contributed by atoms with van der Waals surface area (Å²) < 4.78 is 5.23. The van der Waals surface area contributed by atoms with Crippen molar-refractivity contribution in [1.29, 1.82) is 0 Å². The van der Waals surface area contributed by atoms with E-state index < -0.39 is 0 Å². The Morgan fingerprint density at radius 1 is 1.07 bits per heavy atom. The zero-order valence-corrected chi connectivity index (χ0v) is 15.4. The number of hydrogen-bond acceptors (Lipinski definition) is 5. The molecule has 0 aliphatic heterocycles. The number of para-hydroxylation sites is 1. The molecule has 2 aromatic carbocycles. The average molecular weight is 362 g/mol. The van der Waals surface area contributed by atoms with Crippen molar-refractivity contribution in [2.24, 2.45) is 0 Å². The highest BCUT2D eigenvalue weighted by molar-refractivity contribution is 6.05. The van der Waals surface area contributed by atoms with Crippen LogP contribution in [0.15, 0.2) is 67.0 Å². The Hall–Kier alpha value is -3.41. The number of ether oxygens (including phenoxy) is 1. The minimum Gasteiger partial charge on any atom is -0.497 e. The van der Waals surface area contributed by atoms with Crippen LogP contribution >= 0.6 is 0 Å². The van der Waals surface area contributed by atoms with Crippen molar-refractivity contribution in [2.45, 2.75) is 6.42 Å². The normalized spacial score (nSPS) is 10.3. The molecule has 0 saturated heterocycles. The lowest BCUT2D eigenvalue weighted by molar-refractivity contribution is 0.0992. The molecule has 0 atom stereocenters. The fourth-order valence-corrected chi connectivity index (χ4v) is 2.64. The molecular weight excluding hydrogens is 340 g/mol. The van der Waals surface area contributed by atoms with E-state index in [1.54, 1.807) is 31.5 Å². The van der Waals surface area contributed by atoms with Gasteiger partial charge in [-0.15, -0.1) is 0 Å². The van der Waals surface area contributed by atoms with Gasteiger partial charge in [-0.2, -0.15) is 0 Å². The fraction of sp³-hybridized carbons (Fsp3) is 0.190. The SMILES string of the molecule is COc1cccc(CCNc2ncc(C(=O)N(C)c3ccccc3)cn2)c1. The van der Waals surface area contributed by atoms with Gasteiger partial charge in [0.25, 0.3) is 5.91 Å². The van der Waals surface area contributed by atoms with E-state index in [9.17, 15) is 4.79 Å². The summed E-state index contributed by atoms with van der Waals surface area (Å²) in [6.07, 6.45) is 3.91. The van der Waals surface area contributed by atoms with Gasteiger partial charge in [0, 0.05) is 31.7 Å². The van der Waals surface area contributed by atoms with Crippen molar-refractivity contribution in [1.82, 2.24) is 9.97 Å². The summed E-state index contributed by atoms with van der Waals surface area (Å²) in [4.78, 5) is 22.6. The number of hydrogen-bond donors (Lipinski definition) is 1. The molecule has 0 radical (unpaired) electrons. The summed E-state index contributed by atoms with van der Waals surface area (Å²) in [5, 5.41) is 3.17. The van der Waals surface area contributed by atoms with Crippen LogP contribution in [0.3, 0.4) is 0 Å². The first-order valence-electron chi connectivity index (χ1n) is 8.69. The molecule has 0 bridgehead atoms. The van der Waals surface area contributed by atoms with Gasteiger partial charge in [0.15, 0.2) is 0 Å². The van der Waals surface area contributed by atoms with Gasteiger partial charge in [-0.1, -0.05) is 30.3 Å². The molecule has 1 aromatic heterocycles. The van der Waals surface area contributed by atoms with Crippen LogP contribution in [0.5, 0.6) is 5.75 Å². The maximum Gasteiger partial charge on any atom is 0.261 e. The first-order valence-corrected chi connectivity index (χ1v) is 8.69. The maximum absolute atomic E-state index is 12.5. The van der Waals surface area contributed by atoms with E-state index in [1.807, 2.05) is 54.6 Å². The van der Waals surface area contributed by atoms with Crippen LogP contribution in [-0.4, -0.2) is 36.6 Å². The Labute approximate surface area is 158 Å². The van der Waals surface area contributed by atoms with Crippen LogP contribution < -0.4 is 15.0 Å². The highest BCUT2D eigenvalue weighted by Crippen LogP contribution is 2.15. The molecule has 3 rings (SSSR count). The molecule has 0 unspecified atom stereocenters. The number of nitrogens with zero attached hydrogens (tertiary/aromatic N) is 3. The van der Waals surface area contributed by atoms with E-state index in [-0.39, 0.29) is 5.91 Å². The van der Waals surface area contributed by atoms with Gasteiger partial charge in [0.05, 0.1) is 12.7 Å². The molecule has 138 valence electrons. The van der Waals surface area contributed by atoms with Gasteiger partial charge in [0.1, 0.15) is 5.75 Å². The average Bonchev–Trinajstić information content (AvgIpc) is 2.74. The predicted octanol–water partition coefficient (Wildman–Crippen LogP) is 3.42. The van der Waals surface area contributed by atoms with Crippen molar-refractivity contribution < 1.29 is 9.53 Å². The molecule has 6 heteroatoms.